The van der Waals surface area contributed by atoms with Crippen molar-refractivity contribution in [1.29, 1.82) is 0 Å². The van der Waals surface area contributed by atoms with Crippen LogP contribution in [0.2, 0.25) is 0 Å². The van der Waals surface area contributed by atoms with E-state index in [1.807, 2.05) is 12.1 Å². The molecule has 0 amide bonds. The molecule has 0 bridgehead atoms. The highest BCUT2D eigenvalue weighted by Gasteiger charge is 2.35. The van der Waals surface area contributed by atoms with E-state index in [2.05, 4.69) is 176 Å². The van der Waals surface area contributed by atoms with E-state index < -0.39 is 0 Å². The van der Waals surface area contributed by atoms with Gasteiger partial charge in [0.25, 0.3) is 0 Å². The Kier molecular flexibility index (Phi) is 8.50. The molecule has 1 aliphatic carbocycles. The van der Waals surface area contributed by atoms with Crippen LogP contribution in [-0.2, 0) is 5.41 Å². The first-order chi connectivity index (χ1) is 24.6. The van der Waals surface area contributed by atoms with Crippen LogP contribution in [0.15, 0.2) is 168 Å². The highest BCUT2D eigenvalue weighted by molar-refractivity contribution is 6.10. The maximum Gasteiger partial charge on any atom is 0.159 e. The molecule has 248 valence electrons. The molecule has 0 N–H and O–H groups in total. The van der Waals surface area contributed by atoms with Crippen molar-refractivity contribution in [2.75, 3.05) is 9.80 Å². The zero-order valence-electron chi connectivity index (χ0n) is 29.2. The van der Waals surface area contributed by atoms with Crippen molar-refractivity contribution in [1.82, 2.24) is 0 Å². The molecule has 1 aliphatic rings. The van der Waals surface area contributed by atoms with Gasteiger partial charge in [0.05, 0.1) is 5.69 Å². The van der Waals surface area contributed by atoms with Gasteiger partial charge in [-0.15, -0.1) is 0 Å². The van der Waals surface area contributed by atoms with Crippen LogP contribution in [0.4, 0.5) is 34.1 Å². The SMILES string of the molecule is CCC1=CC(C)CC(CC)(c2ccc(N(c3ccccc3)c3cccc(N(c4ccccc4)c4cccc5c4oc4ccccc45)c3)cc2)C1. The van der Waals surface area contributed by atoms with Gasteiger partial charge in [-0.25, -0.2) is 0 Å². The summed E-state index contributed by atoms with van der Waals surface area (Å²) in [5.41, 5.74) is 11.5. The Balaban J connectivity index is 1.24. The minimum atomic E-state index is 0.184. The number of nitrogens with zero attached hydrogens (tertiary/aromatic N) is 2. The molecular weight excluding hydrogens is 609 g/mol. The molecule has 0 spiro atoms. The Morgan fingerprint density at radius 1 is 0.600 bits per heavy atom. The van der Waals surface area contributed by atoms with Gasteiger partial charge in [0.2, 0.25) is 0 Å². The summed E-state index contributed by atoms with van der Waals surface area (Å²) in [6.07, 6.45) is 7.14. The van der Waals surface area contributed by atoms with Crippen molar-refractivity contribution in [2.24, 2.45) is 5.92 Å². The van der Waals surface area contributed by atoms with Crippen molar-refractivity contribution >= 4 is 56.1 Å². The summed E-state index contributed by atoms with van der Waals surface area (Å²) in [6, 6.07) is 54.3. The Labute approximate surface area is 296 Å². The molecule has 0 aliphatic heterocycles. The summed E-state index contributed by atoms with van der Waals surface area (Å²) in [6.45, 7) is 7.05. The Bertz CT molecular complexity index is 2270. The fourth-order valence-corrected chi connectivity index (χ4v) is 8.25. The van der Waals surface area contributed by atoms with Crippen LogP contribution < -0.4 is 9.80 Å². The van der Waals surface area contributed by atoms with Crippen LogP contribution in [0.5, 0.6) is 0 Å². The molecule has 50 heavy (non-hydrogen) atoms. The molecule has 3 nitrogen and oxygen atoms in total. The van der Waals surface area contributed by atoms with Crippen LogP contribution >= 0.6 is 0 Å². The van der Waals surface area contributed by atoms with Gasteiger partial charge in [0, 0.05) is 39.2 Å². The Hall–Kier alpha value is -5.54. The predicted octanol–water partition coefficient (Wildman–Crippen LogP) is 13.9. The molecule has 0 fully saturated rings. The zero-order valence-corrected chi connectivity index (χ0v) is 29.2. The maximum absolute atomic E-state index is 6.57. The van der Waals surface area contributed by atoms with Crippen LogP contribution in [0.25, 0.3) is 21.9 Å². The summed E-state index contributed by atoms with van der Waals surface area (Å²) in [4.78, 5) is 4.69. The lowest BCUT2D eigenvalue weighted by molar-refractivity contribution is 0.316. The van der Waals surface area contributed by atoms with E-state index in [-0.39, 0.29) is 5.41 Å². The molecule has 2 unspecified atom stereocenters. The largest absolute Gasteiger partial charge is 0.454 e. The van der Waals surface area contributed by atoms with E-state index in [1.54, 1.807) is 5.57 Å². The van der Waals surface area contributed by atoms with E-state index >= 15 is 0 Å². The van der Waals surface area contributed by atoms with E-state index in [0.29, 0.717) is 5.92 Å². The summed E-state index contributed by atoms with van der Waals surface area (Å²) in [7, 11) is 0. The maximum atomic E-state index is 6.57. The van der Waals surface area contributed by atoms with Crippen molar-refractivity contribution < 1.29 is 4.42 Å². The number of allylic oxidation sites excluding steroid dienone is 2. The predicted molar refractivity (Wildman–Crippen MR) is 212 cm³/mol. The molecule has 3 heteroatoms. The second kappa shape index (κ2) is 13.4. The van der Waals surface area contributed by atoms with Crippen molar-refractivity contribution in [3.05, 3.63) is 169 Å². The first-order valence-corrected chi connectivity index (χ1v) is 18.1. The van der Waals surface area contributed by atoms with Crippen molar-refractivity contribution in [3.8, 4) is 0 Å². The number of benzene rings is 6. The number of anilines is 6. The van der Waals surface area contributed by atoms with Crippen LogP contribution in [0.3, 0.4) is 0 Å². The Morgan fingerprint density at radius 2 is 1.18 bits per heavy atom. The molecule has 0 radical (unpaired) electrons. The quantitative estimate of drug-likeness (QED) is 0.145. The number of hydrogen-bond donors (Lipinski definition) is 0. The lowest BCUT2D eigenvalue weighted by Crippen LogP contribution is -2.31. The molecule has 6 aromatic carbocycles. The summed E-state index contributed by atoms with van der Waals surface area (Å²) in [5, 5.41) is 2.24. The van der Waals surface area contributed by atoms with E-state index in [9.17, 15) is 0 Å². The number of rotatable bonds is 9. The molecule has 0 saturated carbocycles. The van der Waals surface area contributed by atoms with Gasteiger partial charge in [-0.2, -0.15) is 0 Å². The second-order valence-electron chi connectivity index (χ2n) is 13.8. The third kappa shape index (κ3) is 5.77. The molecule has 1 aromatic heterocycles. The number of furan rings is 1. The van der Waals surface area contributed by atoms with E-state index in [0.717, 1.165) is 75.3 Å². The first-order valence-electron chi connectivity index (χ1n) is 18.1. The van der Waals surface area contributed by atoms with E-state index in [1.165, 1.54) is 12.0 Å². The number of hydrogen-bond acceptors (Lipinski definition) is 3. The standard InChI is InChI=1S/C47H44N2O/c1-4-35-30-34(3)32-47(5-2,33-35)36-26-28-39(29-27-36)48(37-16-8-6-9-17-37)40-20-14-21-41(31-40)49(38-18-10-7-11-19-38)44-24-15-23-43-42-22-12-13-25-45(42)50-46(43)44/h6-31,34H,4-5,32-33H2,1-3H3. The molecule has 1 heterocycles. The van der Waals surface area contributed by atoms with Crippen molar-refractivity contribution in [3.63, 3.8) is 0 Å². The summed E-state index contributed by atoms with van der Waals surface area (Å²) >= 11 is 0. The fourth-order valence-electron chi connectivity index (χ4n) is 8.25. The highest BCUT2D eigenvalue weighted by Crippen LogP contribution is 2.47. The second-order valence-corrected chi connectivity index (χ2v) is 13.8. The molecule has 2 atom stereocenters. The first kappa shape index (κ1) is 31.7. The van der Waals surface area contributed by atoms with Crippen LogP contribution in [0, 0.1) is 5.92 Å². The number of fused-ring (bicyclic) bond motifs is 3. The van der Waals surface area contributed by atoms with Gasteiger partial charge in [0.1, 0.15) is 5.58 Å². The topological polar surface area (TPSA) is 19.6 Å². The molecule has 7 aromatic rings. The van der Waals surface area contributed by atoms with Gasteiger partial charge in [0.15, 0.2) is 5.58 Å². The average Bonchev–Trinajstić information content (AvgIpc) is 3.56. The normalized spacial score (nSPS) is 17.5. The lowest BCUT2D eigenvalue weighted by atomic mass is 9.65. The van der Waals surface area contributed by atoms with Gasteiger partial charge in [-0.1, -0.05) is 117 Å². The Morgan fingerprint density at radius 3 is 1.88 bits per heavy atom. The average molecular weight is 653 g/mol. The third-order valence-electron chi connectivity index (χ3n) is 10.7. The summed E-state index contributed by atoms with van der Waals surface area (Å²) < 4.78 is 6.57. The smallest absolute Gasteiger partial charge is 0.159 e. The van der Waals surface area contributed by atoms with E-state index in [4.69, 9.17) is 4.42 Å². The molecular formula is C47H44N2O. The minimum Gasteiger partial charge on any atom is -0.454 e. The highest BCUT2D eigenvalue weighted by atomic mass is 16.3. The number of para-hydroxylation sites is 4. The van der Waals surface area contributed by atoms with Gasteiger partial charge in [-0.3, -0.25) is 0 Å². The van der Waals surface area contributed by atoms with Crippen LogP contribution in [0.1, 0.15) is 52.0 Å². The van der Waals surface area contributed by atoms with Gasteiger partial charge < -0.3 is 14.2 Å². The lowest BCUT2D eigenvalue weighted by Gasteiger charge is -2.40. The minimum absolute atomic E-state index is 0.184. The molecule has 0 saturated heterocycles. The third-order valence-corrected chi connectivity index (χ3v) is 10.7. The zero-order chi connectivity index (χ0) is 34.1. The monoisotopic (exact) mass is 652 g/mol. The van der Waals surface area contributed by atoms with Crippen LogP contribution in [-0.4, -0.2) is 0 Å². The van der Waals surface area contributed by atoms with Crippen molar-refractivity contribution in [2.45, 2.75) is 51.9 Å². The molecule has 8 rings (SSSR count). The van der Waals surface area contributed by atoms with Gasteiger partial charge >= 0.3 is 0 Å². The summed E-state index contributed by atoms with van der Waals surface area (Å²) in [5.74, 6) is 0.597. The fraction of sp³-hybridized carbons (Fsp3) is 0.191. The van der Waals surface area contributed by atoms with Gasteiger partial charge in [-0.05, 0) is 109 Å².